The van der Waals surface area contributed by atoms with Crippen LogP contribution in [-0.2, 0) is 4.74 Å². The molecule has 0 aromatic carbocycles. The minimum atomic E-state index is 0.469. The fraction of sp³-hybridized carbons (Fsp3) is 1.00. The van der Waals surface area contributed by atoms with Gasteiger partial charge in [-0.05, 0) is 25.8 Å². The highest BCUT2D eigenvalue weighted by molar-refractivity contribution is 4.71. The Morgan fingerprint density at radius 3 is 2.62 bits per heavy atom. The minimum absolute atomic E-state index is 0.469. The van der Waals surface area contributed by atoms with Crippen LogP contribution < -0.4 is 5.73 Å². The minimum Gasteiger partial charge on any atom is -0.377 e. The zero-order valence-electron chi connectivity index (χ0n) is 8.67. The monoisotopic (exact) mass is 186 g/mol. The van der Waals surface area contributed by atoms with Crippen molar-refractivity contribution in [1.29, 1.82) is 0 Å². The molecule has 0 aliphatic carbocycles. The van der Waals surface area contributed by atoms with Gasteiger partial charge in [-0.25, -0.2) is 0 Å². The molecule has 78 valence electrons. The summed E-state index contributed by atoms with van der Waals surface area (Å²) >= 11 is 0. The topological polar surface area (TPSA) is 38.5 Å². The number of nitrogens with two attached hydrogens (primary N) is 1. The normalized spacial score (nSPS) is 20.8. The molecular weight excluding hydrogens is 164 g/mol. The van der Waals surface area contributed by atoms with E-state index in [4.69, 9.17) is 10.5 Å². The number of nitrogens with zero attached hydrogens (tertiary/aromatic N) is 1. The van der Waals surface area contributed by atoms with E-state index in [2.05, 4.69) is 11.8 Å². The second-order valence-corrected chi connectivity index (χ2v) is 3.70. The second-order valence-electron chi connectivity index (χ2n) is 3.70. The maximum absolute atomic E-state index is 5.61. The molecule has 0 radical (unpaired) electrons. The maximum atomic E-state index is 5.61. The summed E-state index contributed by atoms with van der Waals surface area (Å²) in [7, 11) is 0. The van der Waals surface area contributed by atoms with Crippen LogP contribution in [0.4, 0.5) is 0 Å². The van der Waals surface area contributed by atoms with Crippen LogP contribution in [0.2, 0.25) is 0 Å². The molecule has 1 heterocycles. The summed E-state index contributed by atoms with van der Waals surface area (Å²) in [5, 5.41) is 0. The number of piperidine rings is 1. The Morgan fingerprint density at radius 2 is 2.08 bits per heavy atom. The van der Waals surface area contributed by atoms with Crippen LogP contribution >= 0.6 is 0 Å². The van der Waals surface area contributed by atoms with E-state index in [9.17, 15) is 0 Å². The molecule has 1 aliphatic heterocycles. The van der Waals surface area contributed by atoms with Crippen molar-refractivity contribution in [2.75, 3.05) is 32.8 Å². The Labute approximate surface area is 81.2 Å². The Morgan fingerprint density at radius 1 is 1.38 bits per heavy atom. The predicted octanol–water partition coefficient (Wildman–Crippen LogP) is 0.836. The SMILES string of the molecule is CCCN1CCC(OCCN)CC1. The Hall–Kier alpha value is -0.120. The number of rotatable bonds is 5. The van der Waals surface area contributed by atoms with Crippen molar-refractivity contribution in [2.24, 2.45) is 5.73 Å². The molecule has 3 nitrogen and oxygen atoms in total. The van der Waals surface area contributed by atoms with E-state index in [0.29, 0.717) is 12.6 Å². The lowest BCUT2D eigenvalue weighted by atomic mass is 10.1. The maximum Gasteiger partial charge on any atom is 0.0600 e. The highest BCUT2D eigenvalue weighted by atomic mass is 16.5. The average molecular weight is 186 g/mol. The van der Waals surface area contributed by atoms with Gasteiger partial charge in [0.1, 0.15) is 0 Å². The summed E-state index contributed by atoms with van der Waals surface area (Å²) in [5.41, 5.74) is 5.39. The summed E-state index contributed by atoms with van der Waals surface area (Å²) in [6.45, 7) is 7.24. The van der Waals surface area contributed by atoms with Crippen molar-refractivity contribution in [2.45, 2.75) is 32.3 Å². The van der Waals surface area contributed by atoms with Gasteiger partial charge in [0.2, 0.25) is 0 Å². The van der Waals surface area contributed by atoms with Gasteiger partial charge < -0.3 is 15.4 Å². The smallest absolute Gasteiger partial charge is 0.0600 e. The molecule has 0 unspecified atom stereocenters. The molecule has 0 aromatic heterocycles. The zero-order chi connectivity index (χ0) is 9.52. The Balaban J connectivity index is 2.08. The first kappa shape index (κ1) is 11.0. The van der Waals surface area contributed by atoms with E-state index in [1.54, 1.807) is 0 Å². The molecule has 1 aliphatic rings. The standard InChI is InChI=1S/C10H22N2O/c1-2-6-12-7-3-10(4-8-12)13-9-5-11/h10H,2-9,11H2,1H3. The van der Waals surface area contributed by atoms with E-state index in [1.165, 1.54) is 38.9 Å². The third-order valence-corrected chi connectivity index (χ3v) is 2.55. The van der Waals surface area contributed by atoms with Gasteiger partial charge in [-0.3, -0.25) is 0 Å². The highest BCUT2D eigenvalue weighted by Gasteiger charge is 2.18. The van der Waals surface area contributed by atoms with Gasteiger partial charge in [0.05, 0.1) is 12.7 Å². The first-order valence-electron chi connectivity index (χ1n) is 5.40. The van der Waals surface area contributed by atoms with Crippen molar-refractivity contribution in [3.8, 4) is 0 Å². The average Bonchev–Trinajstić information content (AvgIpc) is 2.17. The van der Waals surface area contributed by atoms with Crippen LogP contribution in [0.1, 0.15) is 26.2 Å². The number of likely N-dealkylation sites (tertiary alicyclic amines) is 1. The van der Waals surface area contributed by atoms with Gasteiger partial charge in [0.15, 0.2) is 0 Å². The van der Waals surface area contributed by atoms with E-state index in [0.717, 1.165) is 6.61 Å². The second kappa shape index (κ2) is 6.35. The molecule has 3 heteroatoms. The summed E-state index contributed by atoms with van der Waals surface area (Å²) in [6.07, 6.45) is 4.09. The van der Waals surface area contributed by atoms with Crippen LogP contribution in [-0.4, -0.2) is 43.8 Å². The largest absolute Gasteiger partial charge is 0.377 e. The third-order valence-electron chi connectivity index (χ3n) is 2.55. The molecule has 1 rings (SSSR count). The molecule has 1 saturated heterocycles. The molecular formula is C10H22N2O. The van der Waals surface area contributed by atoms with Crippen LogP contribution in [0.3, 0.4) is 0 Å². The van der Waals surface area contributed by atoms with Crippen LogP contribution in [0.15, 0.2) is 0 Å². The van der Waals surface area contributed by atoms with E-state index in [-0.39, 0.29) is 0 Å². The predicted molar refractivity (Wildman–Crippen MR) is 54.8 cm³/mol. The van der Waals surface area contributed by atoms with Crippen molar-refractivity contribution in [1.82, 2.24) is 4.90 Å². The van der Waals surface area contributed by atoms with Gasteiger partial charge in [-0.2, -0.15) is 0 Å². The van der Waals surface area contributed by atoms with Crippen LogP contribution in [0.5, 0.6) is 0 Å². The lowest BCUT2D eigenvalue weighted by Crippen LogP contribution is -2.37. The first-order chi connectivity index (χ1) is 6.36. The van der Waals surface area contributed by atoms with Crippen LogP contribution in [0.25, 0.3) is 0 Å². The van der Waals surface area contributed by atoms with E-state index < -0.39 is 0 Å². The molecule has 0 bridgehead atoms. The zero-order valence-corrected chi connectivity index (χ0v) is 8.67. The molecule has 2 N–H and O–H groups in total. The van der Waals surface area contributed by atoms with Gasteiger partial charge >= 0.3 is 0 Å². The van der Waals surface area contributed by atoms with Crippen molar-refractivity contribution >= 4 is 0 Å². The third kappa shape index (κ3) is 4.07. The van der Waals surface area contributed by atoms with Gasteiger partial charge in [0, 0.05) is 19.6 Å². The number of hydrogen-bond donors (Lipinski definition) is 1. The first-order valence-corrected chi connectivity index (χ1v) is 5.40. The Bertz CT molecular complexity index is 122. The van der Waals surface area contributed by atoms with Crippen LogP contribution in [0, 0.1) is 0 Å². The summed E-state index contributed by atoms with van der Waals surface area (Å²) in [4.78, 5) is 2.52. The molecule has 0 saturated carbocycles. The van der Waals surface area contributed by atoms with Crippen molar-refractivity contribution in [3.63, 3.8) is 0 Å². The molecule has 0 aromatic rings. The molecule has 0 amide bonds. The number of hydrogen-bond acceptors (Lipinski definition) is 3. The van der Waals surface area contributed by atoms with Gasteiger partial charge in [-0.15, -0.1) is 0 Å². The lowest BCUT2D eigenvalue weighted by molar-refractivity contribution is 0.0116. The number of ether oxygens (including phenoxy) is 1. The summed E-state index contributed by atoms with van der Waals surface area (Å²) in [5.74, 6) is 0. The summed E-state index contributed by atoms with van der Waals surface area (Å²) in [6, 6.07) is 0. The highest BCUT2D eigenvalue weighted by Crippen LogP contribution is 2.13. The fourth-order valence-electron chi connectivity index (χ4n) is 1.85. The van der Waals surface area contributed by atoms with Crippen molar-refractivity contribution in [3.05, 3.63) is 0 Å². The van der Waals surface area contributed by atoms with E-state index in [1.807, 2.05) is 0 Å². The molecule has 0 spiro atoms. The molecule has 1 fully saturated rings. The van der Waals surface area contributed by atoms with Gasteiger partial charge in [0.25, 0.3) is 0 Å². The molecule has 0 atom stereocenters. The van der Waals surface area contributed by atoms with Gasteiger partial charge in [-0.1, -0.05) is 6.92 Å². The summed E-state index contributed by atoms with van der Waals surface area (Å²) < 4.78 is 5.61. The lowest BCUT2D eigenvalue weighted by Gasteiger charge is -2.31. The van der Waals surface area contributed by atoms with Crippen molar-refractivity contribution < 1.29 is 4.74 Å². The molecule has 13 heavy (non-hydrogen) atoms. The quantitative estimate of drug-likeness (QED) is 0.691. The Kier molecular flexibility index (Phi) is 5.35. The van der Waals surface area contributed by atoms with E-state index >= 15 is 0 Å². The fourth-order valence-corrected chi connectivity index (χ4v) is 1.85.